The highest BCUT2D eigenvalue weighted by atomic mass is 32.2. The van der Waals surface area contributed by atoms with Gasteiger partial charge < -0.3 is 10.1 Å². The molecule has 0 spiro atoms. The van der Waals surface area contributed by atoms with Crippen molar-refractivity contribution in [3.8, 4) is 0 Å². The minimum atomic E-state index is -3.66. The number of nitrogens with zero attached hydrogens (tertiary/aromatic N) is 1. The Kier molecular flexibility index (Phi) is 3.35. The lowest BCUT2D eigenvalue weighted by atomic mass is 10.3. The van der Waals surface area contributed by atoms with E-state index in [1.165, 1.54) is 12.3 Å². The zero-order chi connectivity index (χ0) is 13.2. The normalized spacial score (nSPS) is 11.4. The summed E-state index contributed by atoms with van der Waals surface area (Å²) in [5.74, 6) is 0. The van der Waals surface area contributed by atoms with Gasteiger partial charge in [-0.3, -0.25) is 9.71 Å². The summed E-state index contributed by atoms with van der Waals surface area (Å²) < 4.78 is 26.5. The van der Waals surface area contributed by atoms with Gasteiger partial charge in [0.2, 0.25) is 0 Å². The Morgan fingerprint density at radius 2 is 2.28 bits per heavy atom. The molecule has 0 saturated carbocycles. The summed E-state index contributed by atoms with van der Waals surface area (Å²) >= 11 is 0. The number of sulfonamides is 1. The van der Waals surface area contributed by atoms with E-state index < -0.39 is 10.0 Å². The van der Waals surface area contributed by atoms with Crippen LogP contribution < -0.4 is 4.72 Å². The highest BCUT2D eigenvalue weighted by Crippen LogP contribution is 2.18. The number of aryl methyl sites for hydroxylation is 1. The number of hydrogen-bond donors (Lipinski definition) is 3. The van der Waals surface area contributed by atoms with Gasteiger partial charge in [0.05, 0.1) is 18.0 Å². The molecule has 0 fully saturated rings. The average Bonchev–Trinajstić information content (AvgIpc) is 2.81. The third kappa shape index (κ3) is 2.52. The quantitative estimate of drug-likeness (QED) is 0.770. The van der Waals surface area contributed by atoms with Gasteiger partial charge in [-0.15, -0.1) is 0 Å². The van der Waals surface area contributed by atoms with Crippen LogP contribution in [0.3, 0.4) is 0 Å². The molecule has 7 heteroatoms. The van der Waals surface area contributed by atoms with E-state index in [-0.39, 0.29) is 11.5 Å². The maximum absolute atomic E-state index is 12.0. The maximum Gasteiger partial charge on any atom is 0.263 e. The third-order valence-electron chi connectivity index (χ3n) is 2.45. The molecule has 0 radical (unpaired) electrons. The molecule has 96 valence electrons. The second-order valence-electron chi connectivity index (χ2n) is 3.76. The van der Waals surface area contributed by atoms with Gasteiger partial charge in [0, 0.05) is 18.1 Å². The van der Waals surface area contributed by atoms with Crippen LogP contribution in [0.25, 0.3) is 0 Å². The number of nitrogens with one attached hydrogen (secondary N) is 2. The van der Waals surface area contributed by atoms with Crippen LogP contribution in [0.4, 0.5) is 5.69 Å². The maximum atomic E-state index is 12.0. The molecule has 0 aliphatic heterocycles. The van der Waals surface area contributed by atoms with Crippen LogP contribution in [0.1, 0.15) is 11.4 Å². The molecule has 0 bridgehead atoms. The predicted octanol–water partition coefficient (Wildman–Crippen LogP) is 1.01. The Balaban J connectivity index is 2.30. The van der Waals surface area contributed by atoms with E-state index in [9.17, 15) is 8.42 Å². The van der Waals surface area contributed by atoms with Gasteiger partial charge in [-0.1, -0.05) is 0 Å². The van der Waals surface area contributed by atoms with Gasteiger partial charge in [-0.05, 0) is 25.1 Å². The molecule has 0 aromatic carbocycles. The molecule has 0 unspecified atom stereocenters. The van der Waals surface area contributed by atoms with Crippen molar-refractivity contribution in [3.63, 3.8) is 0 Å². The molecule has 0 aliphatic carbocycles. The van der Waals surface area contributed by atoms with Gasteiger partial charge in [0.15, 0.2) is 0 Å². The Morgan fingerprint density at radius 3 is 2.89 bits per heavy atom. The van der Waals surface area contributed by atoms with Crippen molar-refractivity contribution in [2.45, 2.75) is 18.4 Å². The van der Waals surface area contributed by atoms with E-state index in [4.69, 9.17) is 5.11 Å². The van der Waals surface area contributed by atoms with E-state index in [0.717, 1.165) is 0 Å². The van der Waals surface area contributed by atoms with Gasteiger partial charge in [-0.2, -0.15) is 0 Å². The molecular formula is C11H13N3O3S. The molecule has 2 heterocycles. The molecule has 2 aromatic rings. The summed E-state index contributed by atoms with van der Waals surface area (Å²) in [6, 6.07) is 4.68. The summed E-state index contributed by atoms with van der Waals surface area (Å²) in [5, 5.41) is 8.89. The number of H-pyrrole nitrogens is 1. The average molecular weight is 267 g/mol. The largest absolute Gasteiger partial charge is 0.390 e. The number of anilines is 1. The van der Waals surface area contributed by atoms with Crippen LogP contribution in [0.5, 0.6) is 0 Å². The molecule has 0 saturated heterocycles. The van der Waals surface area contributed by atoms with Crippen molar-refractivity contribution in [1.29, 1.82) is 0 Å². The first-order chi connectivity index (χ1) is 8.53. The Morgan fingerprint density at radius 1 is 1.50 bits per heavy atom. The van der Waals surface area contributed by atoms with Crippen LogP contribution in [0.2, 0.25) is 0 Å². The van der Waals surface area contributed by atoms with Crippen LogP contribution >= 0.6 is 0 Å². The highest BCUT2D eigenvalue weighted by Gasteiger charge is 2.17. The molecule has 2 rings (SSSR count). The van der Waals surface area contributed by atoms with E-state index in [0.29, 0.717) is 17.1 Å². The predicted molar refractivity (Wildman–Crippen MR) is 66.5 cm³/mol. The number of aliphatic hydroxyl groups excluding tert-OH is 1. The van der Waals surface area contributed by atoms with Crippen molar-refractivity contribution >= 4 is 15.7 Å². The van der Waals surface area contributed by atoms with Crippen LogP contribution in [0, 0.1) is 6.92 Å². The van der Waals surface area contributed by atoms with Crippen molar-refractivity contribution < 1.29 is 13.5 Å². The SMILES string of the molecule is Cc1ncccc1NS(=O)(=O)c1c[nH]c(CO)c1. The lowest BCUT2D eigenvalue weighted by Gasteiger charge is -2.07. The standard InChI is InChI=1S/C11H13N3O3S/c1-8-11(3-2-4-12-8)14-18(16,17)10-5-9(7-15)13-6-10/h2-6,13-15H,7H2,1H3. The number of aromatic amines is 1. The zero-order valence-corrected chi connectivity index (χ0v) is 10.5. The van der Waals surface area contributed by atoms with Crippen molar-refractivity contribution in [2.75, 3.05) is 4.72 Å². The fourth-order valence-electron chi connectivity index (χ4n) is 1.46. The van der Waals surface area contributed by atoms with E-state index in [2.05, 4.69) is 14.7 Å². The first-order valence-corrected chi connectivity index (χ1v) is 6.74. The Labute approximate surface area is 105 Å². The minimum Gasteiger partial charge on any atom is -0.390 e. The zero-order valence-electron chi connectivity index (χ0n) is 9.71. The lowest BCUT2D eigenvalue weighted by molar-refractivity contribution is 0.277. The lowest BCUT2D eigenvalue weighted by Crippen LogP contribution is -2.13. The Bertz CT molecular complexity index is 649. The molecule has 2 aromatic heterocycles. The number of hydrogen-bond acceptors (Lipinski definition) is 4. The summed E-state index contributed by atoms with van der Waals surface area (Å²) in [5.41, 5.74) is 1.47. The number of rotatable bonds is 4. The van der Waals surface area contributed by atoms with E-state index in [1.54, 1.807) is 25.3 Å². The van der Waals surface area contributed by atoms with Crippen LogP contribution in [-0.2, 0) is 16.6 Å². The molecule has 6 nitrogen and oxygen atoms in total. The topological polar surface area (TPSA) is 95.1 Å². The highest BCUT2D eigenvalue weighted by molar-refractivity contribution is 7.92. The third-order valence-corrected chi connectivity index (χ3v) is 3.79. The fraction of sp³-hybridized carbons (Fsp3) is 0.182. The smallest absolute Gasteiger partial charge is 0.263 e. The second kappa shape index (κ2) is 4.79. The van der Waals surface area contributed by atoms with Crippen LogP contribution in [0.15, 0.2) is 35.5 Å². The summed E-state index contributed by atoms with van der Waals surface area (Å²) in [6.07, 6.45) is 2.92. The van der Waals surface area contributed by atoms with Gasteiger partial charge in [-0.25, -0.2) is 8.42 Å². The molecule has 3 N–H and O–H groups in total. The number of pyridine rings is 1. The minimum absolute atomic E-state index is 0.0785. The summed E-state index contributed by atoms with van der Waals surface area (Å²) in [4.78, 5) is 6.76. The van der Waals surface area contributed by atoms with E-state index in [1.807, 2.05) is 0 Å². The number of aliphatic hydroxyl groups is 1. The second-order valence-corrected chi connectivity index (χ2v) is 5.44. The Hall–Kier alpha value is -1.86. The van der Waals surface area contributed by atoms with Gasteiger partial charge in [0.1, 0.15) is 4.90 Å². The van der Waals surface area contributed by atoms with Crippen molar-refractivity contribution in [2.24, 2.45) is 0 Å². The molecule has 0 aliphatic rings. The molecule has 0 amide bonds. The van der Waals surface area contributed by atoms with E-state index >= 15 is 0 Å². The summed E-state index contributed by atoms with van der Waals surface area (Å²) in [7, 11) is -3.66. The van der Waals surface area contributed by atoms with Gasteiger partial charge in [0.25, 0.3) is 10.0 Å². The first-order valence-electron chi connectivity index (χ1n) is 5.25. The molecule has 0 atom stereocenters. The molecule has 18 heavy (non-hydrogen) atoms. The van der Waals surface area contributed by atoms with Crippen molar-refractivity contribution in [1.82, 2.24) is 9.97 Å². The van der Waals surface area contributed by atoms with Crippen LogP contribution in [-0.4, -0.2) is 23.5 Å². The first kappa shape index (κ1) is 12.6. The number of aromatic nitrogens is 2. The fourth-order valence-corrected chi connectivity index (χ4v) is 2.60. The molecular weight excluding hydrogens is 254 g/mol. The van der Waals surface area contributed by atoms with Gasteiger partial charge >= 0.3 is 0 Å². The summed E-state index contributed by atoms with van der Waals surface area (Å²) in [6.45, 7) is 1.48. The van der Waals surface area contributed by atoms with Crippen molar-refractivity contribution in [3.05, 3.63) is 42.0 Å². The monoisotopic (exact) mass is 267 g/mol.